The van der Waals surface area contributed by atoms with Gasteiger partial charge < -0.3 is 19.7 Å². The molecule has 1 amide bonds. The van der Waals surface area contributed by atoms with Crippen LogP contribution in [0.25, 0.3) is 0 Å². The second-order valence-electron chi connectivity index (χ2n) is 10.0. The third kappa shape index (κ3) is 6.26. The Kier molecular flexibility index (Phi) is 8.56. The standard InChI is InChI=1S/C27H32F3N3O4S/c1-15(2)17-7-9-18(10-8-17)23-22(25(35)37-16(3)4)24(27(28,29)30)32-26-33(23)19(14-38-26)12-21(34)31-13-20-6-5-11-36-20/h7-10,14-16,20,23H,5-6,11-13H2,1-4H3,(H,31,34)/t20-,23-/m1/s1. The molecule has 0 spiro atoms. The summed E-state index contributed by atoms with van der Waals surface area (Å²) in [6.45, 7) is 8.21. The Bertz CT molecular complexity index is 1150. The highest BCUT2D eigenvalue weighted by Crippen LogP contribution is 2.48. The SMILES string of the molecule is CC(C)OC(=O)C1=C(C(F)(F)F)N=C2SC=C(CC(=O)NC[C@H]3CCCO3)N2[C@@H]1c1ccc(C(C)C)cc1. The molecule has 1 N–H and O–H groups in total. The first-order chi connectivity index (χ1) is 18.0. The molecule has 0 aliphatic carbocycles. The highest BCUT2D eigenvalue weighted by Gasteiger charge is 2.49. The molecule has 0 bridgehead atoms. The molecule has 7 nitrogen and oxygen atoms in total. The Morgan fingerprint density at radius 1 is 1.21 bits per heavy atom. The zero-order chi connectivity index (χ0) is 27.6. The van der Waals surface area contributed by atoms with E-state index in [0.717, 1.165) is 30.2 Å². The fourth-order valence-electron chi connectivity index (χ4n) is 4.60. The summed E-state index contributed by atoms with van der Waals surface area (Å²) in [7, 11) is 0. The molecule has 1 fully saturated rings. The number of halogens is 3. The maximum Gasteiger partial charge on any atom is 0.434 e. The van der Waals surface area contributed by atoms with Gasteiger partial charge in [-0.15, -0.1) is 0 Å². The van der Waals surface area contributed by atoms with Crippen molar-refractivity contribution >= 4 is 28.8 Å². The highest BCUT2D eigenvalue weighted by molar-refractivity contribution is 8.16. The molecule has 3 aliphatic heterocycles. The Labute approximate surface area is 224 Å². The van der Waals surface area contributed by atoms with Crippen LogP contribution in [0.4, 0.5) is 13.2 Å². The van der Waals surface area contributed by atoms with Crippen molar-refractivity contribution in [2.24, 2.45) is 4.99 Å². The molecule has 0 radical (unpaired) electrons. The molecule has 1 saturated heterocycles. The number of carbonyl (C=O) groups is 2. The average molecular weight is 552 g/mol. The van der Waals surface area contributed by atoms with Crippen LogP contribution >= 0.6 is 11.8 Å². The van der Waals surface area contributed by atoms with E-state index in [4.69, 9.17) is 9.47 Å². The van der Waals surface area contributed by atoms with E-state index in [1.54, 1.807) is 36.3 Å². The summed E-state index contributed by atoms with van der Waals surface area (Å²) in [5, 5.41) is 4.52. The van der Waals surface area contributed by atoms with Gasteiger partial charge in [-0.25, -0.2) is 9.79 Å². The van der Waals surface area contributed by atoms with E-state index in [1.807, 2.05) is 26.0 Å². The van der Waals surface area contributed by atoms with Gasteiger partial charge in [-0.1, -0.05) is 49.9 Å². The van der Waals surface area contributed by atoms with E-state index >= 15 is 0 Å². The predicted molar refractivity (Wildman–Crippen MR) is 139 cm³/mol. The summed E-state index contributed by atoms with van der Waals surface area (Å²) < 4.78 is 53.6. The number of aliphatic imine (C=N–C) groups is 1. The molecular formula is C27H32F3N3O4S. The fourth-order valence-corrected chi connectivity index (χ4v) is 5.51. The van der Waals surface area contributed by atoms with Gasteiger partial charge in [0.25, 0.3) is 0 Å². The number of allylic oxidation sites excluding steroid dienone is 1. The third-order valence-electron chi connectivity index (χ3n) is 6.45. The molecule has 1 aromatic carbocycles. The van der Waals surface area contributed by atoms with Gasteiger partial charge in [-0.2, -0.15) is 13.2 Å². The van der Waals surface area contributed by atoms with Crippen molar-refractivity contribution < 1.29 is 32.2 Å². The van der Waals surface area contributed by atoms with Gasteiger partial charge in [-0.3, -0.25) is 4.79 Å². The molecule has 3 heterocycles. The number of nitrogens with zero attached hydrogens (tertiary/aromatic N) is 2. The van der Waals surface area contributed by atoms with E-state index in [2.05, 4.69) is 10.3 Å². The van der Waals surface area contributed by atoms with Crippen molar-refractivity contribution in [1.29, 1.82) is 0 Å². The molecule has 0 unspecified atom stereocenters. The van der Waals surface area contributed by atoms with Gasteiger partial charge in [0.1, 0.15) is 0 Å². The summed E-state index contributed by atoms with van der Waals surface area (Å²) >= 11 is 0.997. The molecule has 206 valence electrons. The van der Waals surface area contributed by atoms with Crippen LogP contribution in [-0.4, -0.2) is 53.5 Å². The molecule has 38 heavy (non-hydrogen) atoms. The van der Waals surface area contributed by atoms with Gasteiger partial charge in [0.15, 0.2) is 10.9 Å². The van der Waals surface area contributed by atoms with Crippen molar-refractivity contribution in [3.05, 3.63) is 57.8 Å². The van der Waals surface area contributed by atoms with Gasteiger partial charge in [0.05, 0.1) is 30.2 Å². The van der Waals surface area contributed by atoms with Crippen LogP contribution in [0.3, 0.4) is 0 Å². The molecule has 4 rings (SSSR count). The minimum Gasteiger partial charge on any atom is -0.459 e. The Balaban J connectivity index is 1.72. The molecule has 2 atom stereocenters. The molecule has 1 aromatic rings. The molecule has 0 aromatic heterocycles. The summed E-state index contributed by atoms with van der Waals surface area (Å²) in [6.07, 6.45) is -3.85. The van der Waals surface area contributed by atoms with Crippen LogP contribution in [-0.2, 0) is 19.1 Å². The summed E-state index contributed by atoms with van der Waals surface area (Å²) in [4.78, 5) is 31.4. The minimum atomic E-state index is -4.89. The quantitative estimate of drug-likeness (QED) is 0.426. The van der Waals surface area contributed by atoms with Crippen molar-refractivity contribution in [3.63, 3.8) is 0 Å². The lowest BCUT2D eigenvalue weighted by Crippen LogP contribution is -2.40. The zero-order valence-corrected chi connectivity index (χ0v) is 22.6. The van der Waals surface area contributed by atoms with E-state index in [1.165, 1.54) is 0 Å². The van der Waals surface area contributed by atoms with E-state index in [0.29, 0.717) is 24.4 Å². The first-order valence-corrected chi connectivity index (χ1v) is 13.6. The lowest BCUT2D eigenvalue weighted by atomic mass is 9.91. The maximum atomic E-state index is 14.3. The highest BCUT2D eigenvalue weighted by atomic mass is 32.2. The largest absolute Gasteiger partial charge is 0.459 e. The topological polar surface area (TPSA) is 80.2 Å². The number of fused-ring (bicyclic) bond motifs is 1. The monoisotopic (exact) mass is 551 g/mol. The Hall–Kier alpha value is -2.79. The number of benzene rings is 1. The van der Waals surface area contributed by atoms with E-state index in [-0.39, 0.29) is 29.5 Å². The first kappa shape index (κ1) is 28.2. The van der Waals surface area contributed by atoms with Crippen LogP contribution in [0, 0.1) is 0 Å². The van der Waals surface area contributed by atoms with Crippen molar-refractivity contribution in [1.82, 2.24) is 10.2 Å². The first-order valence-electron chi connectivity index (χ1n) is 12.7. The average Bonchev–Trinajstić information content (AvgIpc) is 3.51. The number of alkyl halides is 3. The number of esters is 1. The number of amidine groups is 1. The summed E-state index contributed by atoms with van der Waals surface area (Å²) in [6, 6.07) is 5.95. The Morgan fingerprint density at radius 2 is 1.92 bits per heavy atom. The van der Waals surface area contributed by atoms with Crippen LogP contribution in [0.5, 0.6) is 0 Å². The van der Waals surface area contributed by atoms with Crippen LogP contribution < -0.4 is 5.32 Å². The van der Waals surface area contributed by atoms with Crippen LogP contribution in [0.1, 0.15) is 70.0 Å². The lowest BCUT2D eigenvalue weighted by molar-refractivity contribution is -0.145. The van der Waals surface area contributed by atoms with Gasteiger partial charge >= 0.3 is 12.1 Å². The van der Waals surface area contributed by atoms with Gasteiger partial charge in [0, 0.05) is 18.8 Å². The number of hydrogen-bond donors (Lipinski definition) is 1. The number of carbonyl (C=O) groups excluding carboxylic acids is 2. The summed E-state index contributed by atoms with van der Waals surface area (Å²) in [5.41, 5.74) is 0.0441. The smallest absolute Gasteiger partial charge is 0.434 e. The number of hydrogen-bond acceptors (Lipinski definition) is 7. The summed E-state index contributed by atoms with van der Waals surface area (Å²) in [5.74, 6) is -1.17. The van der Waals surface area contributed by atoms with E-state index < -0.39 is 35.6 Å². The van der Waals surface area contributed by atoms with Crippen LogP contribution in [0.15, 0.2) is 51.6 Å². The minimum absolute atomic E-state index is 0.0418. The Morgan fingerprint density at radius 3 is 2.50 bits per heavy atom. The molecule has 3 aliphatic rings. The molecular weight excluding hydrogens is 519 g/mol. The third-order valence-corrected chi connectivity index (χ3v) is 7.34. The van der Waals surface area contributed by atoms with Crippen LogP contribution in [0.2, 0.25) is 0 Å². The zero-order valence-electron chi connectivity index (χ0n) is 21.8. The molecule has 0 saturated carbocycles. The van der Waals surface area contributed by atoms with Crippen molar-refractivity contribution in [2.45, 2.75) is 77.3 Å². The number of ether oxygens (including phenoxy) is 2. The fraction of sp³-hybridized carbons (Fsp3) is 0.519. The second kappa shape index (κ2) is 11.5. The lowest BCUT2D eigenvalue weighted by Gasteiger charge is -2.37. The van der Waals surface area contributed by atoms with Gasteiger partial charge in [0.2, 0.25) is 5.91 Å². The predicted octanol–water partition coefficient (Wildman–Crippen LogP) is 5.56. The second-order valence-corrected chi connectivity index (χ2v) is 10.9. The number of rotatable bonds is 8. The normalized spacial score (nSPS) is 21.6. The number of thioether (sulfide) groups is 1. The van der Waals surface area contributed by atoms with Crippen molar-refractivity contribution in [3.8, 4) is 0 Å². The van der Waals surface area contributed by atoms with Crippen molar-refractivity contribution in [2.75, 3.05) is 13.2 Å². The molecule has 11 heteroatoms. The van der Waals surface area contributed by atoms with E-state index in [9.17, 15) is 22.8 Å². The maximum absolute atomic E-state index is 14.3. The number of nitrogens with one attached hydrogen (secondary N) is 1. The van der Waals surface area contributed by atoms with Gasteiger partial charge in [-0.05, 0) is 49.1 Å². The number of amides is 1.